The van der Waals surface area contributed by atoms with Gasteiger partial charge in [0.1, 0.15) is 11.4 Å². The lowest BCUT2D eigenvalue weighted by atomic mass is 10.1. The van der Waals surface area contributed by atoms with Gasteiger partial charge < -0.3 is 5.32 Å². The van der Waals surface area contributed by atoms with E-state index in [4.69, 9.17) is 0 Å². The fourth-order valence-corrected chi connectivity index (χ4v) is 2.10. The first-order chi connectivity index (χ1) is 9.88. The molecule has 1 amide bonds. The second-order valence-corrected chi connectivity index (χ2v) is 5.19. The van der Waals surface area contributed by atoms with Crippen molar-refractivity contribution in [1.29, 1.82) is 0 Å². The van der Waals surface area contributed by atoms with E-state index in [1.165, 1.54) is 0 Å². The van der Waals surface area contributed by atoms with Gasteiger partial charge in [0.15, 0.2) is 0 Å². The summed E-state index contributed by atoms with van der Waals surface area (Å²) in [7, 11) is 0. The second kappa shape index (κ2) is 6.01. The molecule has 0 fully saturated rings. The van der Waals surface area contributed by atoms with Crippen molar-refractivity contribution in [2.75, 3.05) is 5.32 Å². The van der Waals surface area contributed by atoms with Crippen molar-refractivity contribution in [2.24, 2.45) is 0 Å². The Morgan fingerprint density at radius 3 is 2.62 bits per heavy atom. The van der Waals surface area contributed by atoms with Gasteiger partial charge in [0.25, 0.3) is 11.6 Å². The molecular weight excluding hydrogens is 343 g/mol. The molecule has 0 aromatic heterocycles. The predicted octanol–water partition coefficient (Wildman–Crippen LogP) is 4.06. The van der Waals surface area contributed by atoms with Gasteiger partial charge in [-0.15, -0.1) is 0 Å². The smallest absolute Gasteiger partial charge is 0.282 e. The Bertz CT molecular complexity index is 734. The Balaban J connectivity index is 2.34. The van der Waals surface area contributed by atoms with Gasteiger partial charge in [-0.3, -0.25) is 14.9 Å². The van der Waals surface area contributed by atoms with Crippen LogP contribution in [0.3, 0.4) is 0 Å². The summed E-state index contributed by atoms with van der Waals surface area (Å²) < 4.78 is 14.0. The Morgan fingerprint density at radius 1 is 1.29 bits per heavy atom. The van der Waals surface area contributed by atoms with Gasteiger partial charge in [-0.2, -0.15) is 0 Å². The largest absolute Gasteiger partial charge is 0.322 e. The first-order valence-corrected chi connectivity index (χ1v) is 6.69. The number of hydrogen-bond acceptors (Lipinski definition) is 3. The van der Waals surface area contributed by atoms with Crippen molar-refractivity contribution in [2.45, 2.75) is 6.92 Å². The Labute approximate surface area is 128 Å². The van der Waals surface area contributed by atoms with E-state index < -0.39 is 22.3 Å². The molecule has 0 unspecified atom stereocenters. The van der Waals surface area contributed by atoms with Crippen LogP contribution in [0.15, 0.2) is 40.9 Å². The maximum absolute atomic E-state index is 13.2. The Kier molecular flexibility index (Phi) is 4.32. The zero-order valence-electron chi connectivity index (χ0n) is 10.9. The molecule has 2 rings (SSSR count). The molecule has 0 aliphatic rings. The van der Waals surface area contributed by atoms with Crippen molar-refractivity contribution < 1.29 is 14.1 Å². The first-order valence-electron chi connectivity index (χ1n) is 5.90. The fraction of sp³-hybridized carbons (Fsp3) is 0.0714. The number of hydrogen-bond donors (Lipinski definition) is 1. The molecule has 2 aromatic rings. The van der Waals surface area contributed by atoms with Crippen LogP contribution >= 0.6 is 15.9 Å². The zero-order valence-corrected chi connectivity index (χ0v) is 12.5. The lowest BCUT2D eigenvalue weighted by Gasteiger charge is -2.07. The predicted molar refractivity (Wildman–Crippen MR) is 79.9 cm³/mol. The van der Waals surface area contributed by atoms with Gasteiger partial charge in [0, 0.05) is 16.2 Å². The monoisotopic (exact) mass is 352 g/mol. The molecule has 0 aliphatic heterocycles. The normalized spacial score (nSPS) is 10.2. The number of rotatable bonds is 3. The molecule has 0 atom stereocenters. The summed E-state index contributed by atoms with van der Waals surface area (Å²) in [5, 5.41) is 13.4. The maximum atomic E-state index is 13.2. The van der Waals surface area contributed by atoms with E-state index >= 15 is 0 Å². The number of benzene rings is 2. The number of nitrogens with zero attached hydrogens (tertiary/aromatic N) is 1. The average molecular weight is 353 g/mol. The van der Waals surface area contributed by atoms with Crippen molar-refractivity contribution >= 4 is 33.2 Å². The minimum Gasteiger partial charge on any atom is -0.322 e. The first kappa shape index (κ1) is 15.1. The molecule has 7 heteroatoms. The molecule has 0 saturated carbocycles. The van der Waals surface area contributed by atoms with Gasteiger partial charge >= 0.3 is 0 Å². The minimum absolute atomic E-state index is 0.323. The van der Waals surface area contributed by atoms with Gasteiger partial charge in [0.05, 0.1) is 4.92 Å². The highest BCUT2D eigenvalue weighted by Crippen LogP contribution is 2.24. The van der Waals surface area contributed by atoms with Gasteiger partial charge in [-0.05, 0) is 36.8 Å². The van der Waals surface area contributed by atoms with E-state index in [1.807, 2.05) is 6.92 Å². The zero-order chi connectivity index (χ0) is 15.6. The molecule has 0 radical (unpaired) electrons. The van der Waals surface area contributed by atoms with Crippen LogP contribution in [-0.4, -0.2) is 10.8 Å². The molecular formula is C14H10BrFN2O3. The van der Waals surface area contributed by atoms with Crippen LogP contribution in [0.25, 0.3) is 0 Å². The summed E-state index contributed by atoms with van der Waals surface area (Å²) in [5.74, 6) is -1.45. The lowest BCUT2D eigenvalue weighted by Crippen LogP contribution is -2.14. The van der Waals surface area contributed by atoms with Crippen LogP contribution in [0.4, 0.5) is 15.8 Å². The summed E-state index contributed by atoms with van der Waals surface area (Å²) in [5.41, 5.74) is 0.664. The van der Waals surface area contributed by atoms with Crippen LogP contribution in [0.1, 0.15) is 15.9 Å². The number of nitro groups is 1. The van der Waals surface area contributed by atoms with E-state index in [0.717, 1.165) is 28.2 Å². The van der Waals surface area contributed by atoms with Gasteiger partial charge in [0.2, 0.25) is 0 Å². The molecule has 0 heterocycles. The van der Waals surface area contributed by atoms with E-state index in [2.05, 4.69) is 21.2 Å². The molecule has 1 N–H and O–H groups in total. The van der Waals surface area contributed by atoms with Crippen molar-refractivity contribution in [3.05, 3.63) is 67.9 Å². The molecule has 108 valence electrons. The molecule has 0 bridgehead atoms. The van der Waals surface area contributed by atoms with Gasteiger partial charge in [-0.1, -0.05) is 22.0 Å². The molecule has 0 aliphatic carbocycles. The number of nitro benzene ring substituents is 1. The van der Waals surface area contributed by atoms with Crippen molar-refractivity contribution in [3.8, 4) is 0 Å². The van der Waals surface area contributed by atoms with Crippen molar-refractivity contribution in [3.63, 3.8) is 0 Å². The van der Waals surface area contributed by atoms with E-state index in [0.29, 0.717) is 5.69 Å². The molecule has 2 aromatic carbocycles. The molecule has 0 spiro atoms. The molecule has 5 nitrogen and oxygen atoms in total. The Hall–Kier alpha value is -2.28. The van der Waals surface area contributed by atoms with Crippen molar-refractivity contribution in [1.82, 2.24) is 0 Å². The minimum atomic E-state index is -0.739. The number of halogens is 2. The van der Waals surface area contributed by atoms with Crippen LogP contribution in [-0.2, 0) is 0 Å². The molecule has 0 saturated heterocycles. The molecule has 21 heavy (non-hydrogen) atoms. The Morgan fingerprint density at radius 2 is 2.00 bits per heavy atom. The number of aryl methyl sites for hydroxylation is 1. The topological polar surface area (TPSA) is 72.2 Å². The quantitative estimate of drug-likeness (QED) is 0.668. The highest BCUT2D eigenvalue weighted by Gasteiger charge is 2.21. The van der Waals surface area contributed by atoms with Crippen LogP contribution in [0.5, 0.6) is 0 Å². The second-order valence-electron chi connectivity index (χ2n) is 4.34. The fourth-order valence-electron chi connectivity index (χ4n) is 1.72. The summed E-state index contributed by atoms with van der Waals surface area (Å²) in [4.78, 5) is 22.3. The van der Waals surface area contributed by atoms with Crippen LogP contribution in [0, 0.1) is 22.9 Å². The highest BCUT2D eigenvalue weighted by molar-refractivity contribution is 9.10. The van der Waals surface area contributed by atoms with Gasteiger partial charge in [-0.25, -0.2) is 4.39 Å². The third-order valence-corrected chi connectivity index (χ3v) is 3.68. The summed E-state index contributed by atoms with van der Waals surface area (Å²) in [6, 6.07) is 7.85. The number of nitrogens with one attached hydrogen (secondary N) is 1. The summed E-state index contributed by atoms with van der Waals surface area (Å²) >= 11 is 3.32. The summed E-state index contributed by atoms with van der Waals surface area (Å²) in [6.07, 6.45) is 0. The van der Waals surface area contributed by atoms with E-state index in [9.17, 15) is 19.3 Å². The summed E-state index contributed by atoms with van der Waals surface area (Å²) in [6.45, 7) is 1.88. The van der Waals surface area contributed by atoms with E-state index in [1.54, 1.807) is 18.2 Å². The van der Waals surface area contributed by atoms with Crippen LogP contribution in [0.2, 0.25) is 0 Å². The number of anilines is 1. The number of carbonyl (C=O) groups is 1. The third-order valence-electron chi connectivity index (χ3n) is 2.83. The average Bonchev–Trinajstić information content (AvgIpc) is 2.42. The number of amides is 1. The van der Waals surface area contributed by atoms with E-state index in [-0.39, 0.29) is 5.56 Å². The highest BCUT2D eigenvalue weighted by atomic mass is 79.9. The third kappa shape index (κ3) is 3.43. The number of carbonyl (C=O) groups excluding carboxylic acids is 1. The SMILES string of the molecule is Cc1ccc(NC(=O)c2cc(F)ccc2[N+](=O)[O-])cc1Br. The standard InChI is InChI=1S/C14H10BrFN2O3/c1-8-2-4-10(7-12(8)15)17-14(19)11-6-9(16)3-5-13(11)18(20)21/h2-7H,1H3,(H,17,19). The lowest BCUT2D eigenvalue weighted by molar-refractivity contribution is -0.385. The van der Waals surface area contributed by atoms with Crippen LogP contribution < -0.4 is 5.32 Å². The maximum Gasteiger partial charge on any atom is 0.282 e.